The lowest BCUT2D eigenvalue weighted by Crippen LogP contribution is -2.30. The minimum atomic E-state index is -0.429. The smallest absolute Gasteiger partial charge is 0.279 e. The highest BCUT2D eigenvalue weighted by molar-refractivity contribution is 5.93. The van der Waals surface area contributed by atoms with Crippen LogP contribution in [0.5, 0.6) is 5.75 Å². The molecule has 6 nitrogen and oxygen atoms in total. The minimum absolute atomic E-state index is 0.00889. The Bertz CT molecular complexity index is 955. The van der Waals surface area contributed by atoms with Gasteiger partial charge in [0.2, 0.25) is 0 Å². The summed E-state index contributed by atoms with van der Waals surface area (Å²) in [5.74, 6) is -0.00889. The minimum Gasteiger partial charge on any atom is -0.505 e. The number of nitrogens with one attached hydrogen (secondary N) is 1. The SMILES string of the molecule is O=[N+]([O-])c1cc(C2NCCc3ccccc32)c(O)c2ncccc12. The number of rotatable bonds is 2. The van der Waals surface area contributed by atoms with E-state index in [1.165, 1.54) is 17.8 Å². The molecule has 0 spiro atoms. The number of benzene rings is 2. The number of hydrogen-bond donors (Lipinski definition) is 2. The molecule has 2 N–H and O–H groups in total. The van der Waals surface area contributed by atoms with Crippen LogP contribution in [0, 0.1) is 10.1 Å². The van der Waals surface area contributed by atoms with E-state index in [1.54, 1.807) is 12.1 Å². The van der Waals surface area contributed by atoms with Crippen molar-refractivity contribution in [1.82, 2.24) is 10.3 Å². The Labute approximate surface area is 137 Å². The van der Waals surface area contributed by atoms with E-state index in [-0.39, 0.29) is 23.0 Å². The van der Waals surface area contributed by atoms with Gasteiger partial charge in [-0.05, 0) is 29.7 Å². The Hall–Kier alpha value is -2.99. The largest absolute Gasteiger partial charge is 0.505 e. The van der Waals surface area contributed by atoms with E-state index in [1.807, 2.05) is 24.3 Å². The number of nitro benzene ring substituents is 1. The number of aromatic nitrogens is 1. The van der Waals surface area contributed by atoms with Crippen LogP contribution in [-0.4, -0.2) is 21.6 Å². The second-order valence-electron chi connectivity index (χ2n) is 5.83. The van der Waals surface area contributed by atoms with Gasteiger partial charge < -0.3 is 10.4 Å². The number of phenolic OH excluding ortho intramolecular Hbond substituents is 1. The van der Waals surface area contributed by atoms with Gasteiger partial charge in [-0.25, -0.2) is 0 Å². The number of phenols is 1. The average Bonchev–Trinajstić information content (AvgIpc) is 2.62. The first-order valence-corrected chi connectivity index (χ1v) is 7.73. The Morgan fingerprint density at radius 3 is 2.88 bits per heavy atom. The summed E-state index contributed by atoms with van der Waals surface area (Å²) >= 11 is 0. The molecule has 1 unspecified atom stereocenters. The first-order chi connectivity index (χ1) is 11.7. The van der Waals surface area contributed by atoms with E-state index >= 15 is 0 Å². The molecule has 4 rings (SSSR count). The highest BCUT2D eigenvalue weighted by Gasteiger charge is 2.28. The molecule has 2 aromatic carbocycles. The molecule has 0 saturated heterocycles. The van der Waals surface area contributed by atoms with E-state index < -0.39 is 4.92 Å². The van der Waals surface area contributed by atoms with Crippen molar-refractivity contribution in [3.05, 3.63) is 75.5 Å². The summed E-state index contributed by atoms with van der Waals surface area (Å²) in [5.41, 5.74) is 2.91. The fraction of sp³-hybridized carbons (Fsp3) is 0.167. The lowest BCUT2D eigenvalue weighted by Gasteiger charge is -2.28. The average molecular weight is 321 g/mol. The second kappa shape index (κ2) is 5.58. The third-order valence-electron chi connectivity index (χ3n) is 4.49. The molecule has 1 aliphatic heterocycles. The maximum atomic E-state index is 11.5. The number of fused-ring (bicyclic) bond motifs is 2. The molecule has 0 aliphatic carbocycles. The summed E-state index contributed by atoms with van der Waals surface area (Å²) in [6.07, 6.45) is 2.42. The fourth-order valence-corrected chi connectivity index (χ4v) is 3.38. The molecule has 0 fully saturated rings. The summed E-state index contributed by atoms with van der Waals surface area (Å²) in [5, 5.41) is 25.9. The number of hydrogen-bond acceptors (Lipinski definition) is 5. The maximum absolute atomic E-state index is 11.5. The molecule has 120 valence electrons. The molecule has 2 heterocycles. The zero-order valence-corrected chi connectivity index (χ0v) is 12.8. The van der Waals surface area contributed by atoms with Crippen LogP contribution in [0.2, 0.25) is 0 Å². The third kappa shape index (κ3) is 2.19. The zero-order chi connectivity index (χ0) is 16.7. The van der Waals surface area contributed by atoms with Gasteiger partial charge in [0.15, 0.2) is 0 Å². The molecule has 0 saturated carbocycles. The van der Waals surface area contributed by atoms with Crippen molar-refractivity contribution in [2.24, 2.45) is 0 Å². The van der Waals surface area contributed by atoms with Crippen LogP contribution in [-0.2, 0) is 6.42 Å². The van der Waals surface area contributed by atoms with Gasteiger partial charge in [0.25, 0.3) is 5.69 Å². The predicted octanol–water partition coefficient (Wildman–Crippen LogP) is 3.08. The molecule has 6 heteroatoms. The second-order valence-corrected chi connectivity index (χ2v) is 5.83. The highest BCUT2D eigenvalue weighted by atomic mass is 16.6. The van der Waals surface area contributed by atoms with Crippen LogP contribution in [0.1, 0.15) is 22.7 Å². The van der Waals surface area contributed by atoms with Crippen LogP contribution < -0.4 is 5.32 Å². The van der Waals surface area contributed by atoms with Gasteiger partial charge in [0.1, 0.15) is 11.3 Å². The van der Waals surface area contributed by atoms with Gasteiger partial charge in [-0.1, -0.05) is 24.3 Å². The molecule has 24 heavy (non-hydrogen) atoms. The van der Waals surface area contributed by atoms with Crippen LogP contribution >= 0.6 is 0 Å². The van der Waals surface area contributed by atoms with Crippen molar-refractivity contribution in [3.63, 3.8) is 0 Å². The van der Waals surface area contributed by atoms with Gasteiger partial charge in [0, 0.05) is 24.4 Å². The van der Waals surface area contributed by atoms with Gasteiger partial charge >= 0.3 is 0 Å². The van der Waals surface area contributed by atoms with Crippen molar-refractivity contribution < 1.29 is 10.0 Å². The summed E-state index contributed by atoms with van der Waals surface area (Å²) in [6, 6.07) is 12.3. The zero-order valence-electron chi connectivity index (χ0n) is 12.8. The summed E-state index contributed by atoms with van der Waals surface area (Å²) in [6.45, 7) is 0.745. The van der Waals surface area contributed by atoms with Gasteiger partial charge in [-0.2, -0.15) is 0 Å². The lowest BCUT2D eigenvalue weighted by atomic mass is 9.88. The summed E-state index contributed by atoms with van der Waals surface area (Å²) in [4.78, 5) is 15.2. The Balaban J connectivity index is 1.99. The monoisotopic (exact) mass is 321 g/mol. The topological polar surface area (TPSA) is 88.3 Å². The predicted molar refractivity (Wildman–Crippen MR) is 90.1 cm³/mol. The molecule has 0 radical (unpaired) electrons. The van der Waals surface area contributed by atoms with Crippen LogP contribution in [0.15, 0.2) is 48.7 Å². The van der Waals surface area contributed by atoms with E-state index in [4.69, 9.17) is 0 Å². The molecule has 1 atom stereocenters. The molecule has 1 aromatic heterocycles. The van der Waals surface area contributed by atoms with E-state index in [0.717, 1.165) is 18.5 Å². The van der Waals surface area contributed by atoms with Crippen molar-refractivity contribution in [1.29, 1.82) is 0 Å². The number of nitrogens with zero attached hydrogens (tertiary/aromatic N) is 2. The molecular weight excluding hydrogens is 306 g/mol. The van der Waals surface area contributed by atoms with E-state index in [0.29, 0.717) is 10.9 Å². The molecule has 1 aliphatic rings. The number of non-ortho nitro benzene ring substituents is 1. The maximum Gasteiger partial charge on any atom is 0.279 e. The standard InChI is InChI=1S/C18H15N3O3/c22-18-14(16-12-5-2-1-4-11(12)7-9-20-16)10-15(21(23)24)13-6-3-8-19-17(13)18/h1-6,8,10,16,20,22H,7,9H2. The van der Waals surface area contributed by atoms with Crippen molar-refractivity contribution in [3.8, 4) is 5.75 Å². The number of pyridine rings is 1. The van der Waals surface area contributed by atoms with Crippen molar-refractivity contribution >= 4 is 16.6 Å². The molecule has 0 bridgehead atoms. The lowest BCUT2D eigenvalue weighted by molar-refractivity contribution is -0.383. The third-order valence-corrected chi connectivity index (χ3v) is 4.49. The van der Waals surface area contributed by atoms with E-state index in [9.17, 15) is 15.2 Å². The van der Waals surface area contributed by atoms with Gasteiger partial charge in [-0.3, -0.25) is 15.1 Å². The van der Waals surface area contributed by atoms with Crippen LogP contribution in [0.4, 0.5) is 5.69 Å². The first-order valence-electron chi connectivity index (χ1n) is 7.73. The van der Waals surface area contributed by atoms with Crippen LogP contribution in [0.3, 0.4) is 0 Å². The van der Waals surface area contributed by atoms with Crippen molar-refractivity contribution in [2.45, 2.75) is 12.5 Å². The highest BCUT2D eigenvalue weighted by Crippen LogP contribution is 2.40. The molecule has 0 amide bonds. The molecular formula is C18H15N3O3. The number of nitro groups is 1. The normalized spacial score (nSPS) is 16.8. The Morgan fingerprint density at radius 1 is 1.21 bits per heavy atom. The molecule has 3 aromatic rings. The van der Waals surface area contributed by atoms with Gasteiger partial charge in [0.05, 0.1) is 16.4 Å². The summed E-state index contributed by atoms with van der Waals surface area (Å²) in [7, 11) is 0. The summed E-state index contributed by atoms with van der Waals surface area (Å²) < 4.78 is 0. The first kappa shape index (κ1) is 14.6. The van der Waals surface area contributed by atoms with Gasteiger partial charge in [-0.15, -0.1) is 0 Å². The Kier molecular flexibility index (Phi) is 3.39. The Morgan fingerprint density at radius 2 is 2.04 bits per heavy atom. The fourth-order valence-electron chi connectivity index (χ4n) is 3.38. The number of aromatic hydroxyl groups is 1. The van der Waals surface area contributed by atoms with E-state index in [2.05, 4.69) is 10.3 Å². The quantitative estimate of drug-likeness (QED) is 0.559. The van der Waals surface area contributed by atoms with Crippen LogP contribution in [0.25, 0.3) is 10.9 Å². The van der Waals surface area contributed by atoms with Crippen molar-refractivity contribution in [2.75, 3.05) is 6.54 Å².